The maximum atomic E-state index is 12.4. The van der Waals surface area contributed by atoms with E-state index in [-0.39, 0.29) is 18.7 Å². The van der Waals surface area contributed by atoms with E-state index in [0.717, 1.165) is 4.90 Å². The second kappa shape index (κ2) is 7.68. The monoisotopic (exact) mass is 273 g/mol. The number of halogens is 2. The molecule has 1 rings (SSSR count). The molecule has 0 aliphatic carbocycles. The highest BCUT2D eigenvalue weighted by Gasteiger charge is 2.21. The van der Waals surface area contributed by atoms with Crippen LogP contribution in [0.5, 0.6) is 5.75 Å². The van der Waals surface area contributed by atoms with Crippen LogP contribution in [-0.4, -0.2) is 48.6 Å². The van der Waals surface area contributed by atoms with Crippen LogP contribution in [0.25, 0.3) is 0 Å². The van der Waals surface area contributed by atoms with Crippen molar-refractivity contribution in [2.24, 2.45) is 0 Å². The minimum Gasteiger partial charge on any atom is -0.493 e. The Morgan fingerprint density at radius 2 is 2.11 bits per heavy atom. The smallest absolute Gasteiger partial charge is 0.257 e. The number of alkyl halides is 2. The molecule has 0 atom stereocenters. The first-order valence-electron chi connectivity index (χ1n) is 6.00. The Balaban J connectivity index is 2.95. The zero-order valence-electron chi connectivity index (χ0n) is 10.7. The van der Waals surface area contributed by atoms with Crippen LogP contribution in [0.15, 0.2) is 24.3 Å². The molecule has 0 unspecified atom stereocenters. The van der Waals surface area contributed by atoms with Crippen molar-refractivity contribution in [3.63, 3.8) is 0 Å². The Bertz CT molecular complexity index is 413. The first kappa shape index (κ1) is 15.4. The third-order valence-electron chi connectivity index (χ3n) is 2.43. The molecule has 0 bridgehead atoms. The number of carbonyl (C=O) groups is 1. The van der Waals surface area contributed by atoms with Crippen molar-refractivity contribution in [2.45, 2.75) is 13.3 Å². The largest absolute Gasteiger partial charge is 0.493 e. The second-order valence-electron chi connectivity index (χ2n) is 3.80. The number of aliphatic hydroxyl groups is 1. The van der Waals surface area contributed by atoms with Crippen LogP contribution in [0.2, 0.25) is 0 Å². The van der Waals surface area contributed by atoms with Gasteiger partial charge in [0, 0.05) is 6.54 Å². The minimum absolute atomic E-state index is 0.135. The molecule has 0 saturated carbocycles. The number of carbonyl (C=O) groups excluding carboxylic acids is 1. The van der Waals surface area contributed by atoms with E-state index in [9.17, 15) is 13.6 Å². The van der Waals surface area contributed by atoms with Gasteiger partial charge in [0.15, 0.2) is 0 Å². The molecule has 4 nitrogen and oxygen atoms in total. The SMILES string of the molecule is CCOc1ccccc1C(=O)N(CCO)CC(F)F. The van der Waals surface area contributed by atoms with Gasteiger partial charge in [0.05, 0.1) is 25.3 Å². The molecule has 0 fully saturated rings. The highest BCUT2D eigenvalue weighted by molar-refractivity contribution is 5.97. The Kier molecular flexibility index (Phi) is 6.21. The highest BCUT2D eigenvalue weighted by atomic mass is 19.3. The van der Waals surface area contributed by atoms with E-state index in [0.29, 0.717) is 12.4 Å². The number of hydrogen-bond donors (Lipinski definition) is 1. The van der Waals surface area contributed by atoms with E-state index < -0.39 is 18.9 Å². The van der Waals surface area contributed by atoms with Crippen molar-refractivity contribution in [2.75, 3.05) is 26.3 Å². The van der Waals surface area contributed by atoms with Gasteiger partial charge >= 0.3 is 0 Å². The predicted molar refractivity (Wildman–Crippen MR) is 66.6 cm³/mol. The molecule has 1 aromatic rings. The van der Waals surface area contributed by atoms with Crippen LogP contribution in [0, 0.1) is 0 Å². The van der Waals surface area contributed by atoms with E-state index in [1.54, 1.807) is 25.1 Å². The molecular weight excluding hydrogens is 256 g/mol. The van der Waals surface area contributed by atoms with Gasteiger partial charge in [-0.05, 0) is 19.1 Å². The fourth-order valence-corrected chi connectivity index (χ4v) is 1.66. The number of hydrogen-bond acceptors (Lipinski definition) is 3. The summed E-state index contributed by atoms with van der Waals surface area (Å²) >= 11 is 0. The summed E-state index contributed by atoms with van der Waals surface area (Å²) in [5.74, 6) is -0.217. The number of benzene rings is 1. The van der Waals surface area contributed by atoms with Crippen LogP contribution in [0.3, 0.4) is 0 Å². The quantitative estimate of drug-likeness (QED) is 0.824. The topological polar surface area (TPSA) is 49.8 Å². The van der Waals surface area contributed by atoms with E-state index in [4.69, 9.17) is 9.84 Å². The summed E-state index contributed by atoms with van der Waals surface area (Å²) < 4.78 is 30.1. The van der Waals surface area contributed by atoms with Gasteiger partial charge in [0.25, 0.3) is 12.3 Å². The molecule has 0 saturated heterocycles. The van der Waals surface area contributed by atoms with Crippen molar-refractivity contribution in [1.29, 1.82) is 0 Å². The molecule has 6 heteroatoms. The number of ether oxygens (including phenoxy) is 1. The lowest BCUT2D eigenvalue weighted by molar-refractivity contribution is 0.0506. The molecule has 1 N–H and O–H groups in total. The van der Waals surface area contributed by atoms with Crippen LogP contribution in [0.1, 0.15) is 17.3 Å². The summed E-state index contributed by atoms with van der Waals surface area (Å²) in [6.07, 6.45) is -2.64. The molecule has 0 aliphatic rings. The lowest BCUT2D eigenvalue weighted by Crippen LogP contribution is -2.37. The summed E-state index contributed by atoms with van der Waals surface area (Å²) in [5, 5.41) is 8.85. The summed E-state index contributed by atoms with van der Waals surface area (Å²) in [6.45, 7) is 0.934. The lowest BCUT2D eigenvalue weighted by Gasteiger charge is -2.22. The molecule has 0 aromatic heterocycles. The maximum absolute atomic E-state index is 12.4. The highest BCUT2D eigenvalue weighted by Crippen LogP contribution is 2.20. The van der Waals surface area contributed by atoms with Gasteiger partial charge < -0.3 is 14.7 Å². The Morgan fingerprint density at radius 1 is 1.42 bits per heavy atom. The van der Waals surface area contributed by atoms with Gasteiger partial charge in [0.1, 0.15) is 5.75 Å². The molecule has 0 radical (unpaired) electrons. The fourth-order valence-electron chi connectivity index (χ4n) is 1.66. The summed E-state index contributed by atoms with van der Waals surface area (Å²) in [4.78, 5) is 13.1. The Morgan fingerprint density at radius 3 is 2.68 bits per heavy atom. The van der Waals surface area contributed by atoms with E-state index in [1.165, 1.54) is 6.07 Å². The average molecular weight is 273 g/mol. The summed E-state index contributed by atoms with van der Waals surface area (Å²) in [6, 6.07) is 6.46. The van der Waals surface area contributed by atoms with Gasteiger partial charge in [-0.3, -0.25) is 4.79 Å². The Labute approximate surface area is 110 Å². The minimum atomic E-state index is -2.64. The van der Waals surface area contributed by atoms with Crippen molar-refractivity contribution >= 4 is 5.91 Å². The van der Waals surface area contributed by atoms with Gasteiger partial charge in [-0.25, -0.2) is 8.78 Å². The standard InChI is InChI=1S/C13H17F2NO3/c1-2-19-11-6-4-3-5-10(11)13(18)16(7-8-17)9-12(14)15/h3-6,12,17H,2,7-9H2,1H3. The van der Waals surface area contributed by atoms with Crippen molar-refractivity contribution < 1.29 is 23.4 Å². The van der Waals surface area contributed by atoms with E-state index >= 15 is 0 Å². The van der Waals surface area contributed by atoms with E-state index in [1.807, 2.05) is 0 Å². The fraction of sp³-hybridized carbons (Fsp3) is 0.462. The van der Waals surface area contributed by atoms with Crippen molar-refractivity contribution in [1.82, 2.24) is 4.90 Å². The molecule has 106 valence electrons. The molecule has 0 heterocycles. The third kappa shape index (κ3) is 4.48. The molecule has 0 aliphatic heterocycles. The number of nitrogens with zero attached hydrogens (tertiary/aromatic N) is 1. The number of para-hydroxylation sites is 1. The number of amides is 1. The first-order valence-corrected chi connectivity index (χ1v) is 6.00. The molecule has 1 amide bonds. The molecular formula is C13H17F2NO3. The lowest BCUT2D eigenvalue weighted by atomic mass is 10.1. The Hall–Kier alpha value is -1.69. The van der Waals surface area contributed by atoms with Gasteiger partial charge in [-0.1, -0.05) is 12.1 Å². The van der Waals surface area contributed by atoms with Crippen LogP contribution in [-0.2, 0) is 0 Å². The summed E-state index contributed by atoms with van der Waals surface area (Å²) in [5.41, 5.74) is 0.221. The summed E-state index contributed by atoms with van der Waals surface area (Å²) in [7, 11) is 0. The van der Waals surface area contributed by atoms with Crippen molar-refractivity contribution in [3.05, 3.63) is 29.8 Å². The number of rotatable bonds is 7. The van der Waals surface area contributed by atoms with E-state index in [2.05, 4.69) is 0 Å². The zero-order valence-corrected chi connectivity index (χ0v) is 10.7. The first-order chi connectivity index (χ1) is 9.10. The predicted octanol–water partition coefficient (Wildman–Crippen LogP) is 1.78. The molecule has 1 aromatic carbocycles. The van der Waals surface area contributed by atoms with Crippen LogP contribution in [0.4, 0.5) is 8.78 Å². The number of aliphatic hydroxyl groups excluding tert-OH is 1. The van der Waals surface area contributed by atoms with Gasteiger partial charge in [0.2, 0.25) is 0 Å². The normalized spacial score (nSPS) is 10.6. The zero-order chi connectivity index (χ0) is 14.3. The average Bonchev–Trinajstić information content (AvgIpc) is 2.38. The van der Waals surface area contributed by atoms with Gasteiger partial charge in [-0.15, -0.1) is 0 Å². The van der Waals surface area contributed by atoms with Crippen LogP contribution < -0.4 is 4.74 Å². The van der Waals surface area contributed by atoms with Crippen LogP contribution >= 0.6 is 0 Å². The molecule has 0 spiro atoms. The third-order valence-corrected chi connectivity index (χ3v) is 2.43. The maximum Gasteiger partial charge on any atom is 0.257 e. The molecule has 19 heavy (non-hydrogen) atoms. The second-order valence-corrected chi connectivity index (χ2v) is 3.80. The van der Waals surface area contributed by atoms with Crippen molar-refractivity contribution in [3.8, 4) is 5.75 Å². The van der Waals surface area contributed by atoms with Gasteiger partial charge in [-0.2, -0.15) is 0 Å².